The number of carbonyl (C=O) groups excluding carboxylic acids is 4. The predicted octanol–water partition coefficient (Wildman–Crippen LogP) is 2.59. The van der Waals surface area contributed by atoms with Gasteiger partial charge in [0.1, 0.15) is 12.6 Å². The molecule has 2 aromatic carbocycles. The number of para-hydroxylation sites is 1. The minimum Gasteiger partial charge on any atom is -0.445 e. The summed E-state index contributed by atoms with van der Waals surface area (Å²) in [5.41, 5.74) is 1.98. The fourth-order valence-corrected chi connectivity index (χ4v) is 3.18. The first-order chi connectivity index (χ1) is 14.4. The molecule has 1 unspecified atom stereocenters. The van der Waals surface area contributed by atoms with Crippen molar-refractivity contribution in [2.75, 3.05) is 5.32 Å². The molecule has 30 heavy (non-hydrogen) atoms. The van der Waals surface area contributed by atoms with Gasteiger partial charge in [0.2, 0.25) is 11.8 Å². The average molecular weight is 409 g/mol. The van der Waals surface area contributed by atoms with E-state index in [1.54, 1.807) is 24.3 Å². The Balaban J connectivity index is 1.63. The molecule has 1 saturated heterocycles. The number of nitrogens with zero attached hydrogens (tertiary/aromatic N) is 1. The van der Waals surface area contributed by atoms with Crippen molar-refractivity contribution in [2.45, 2.75) is 39.0 Å². The Morgan fingerprint density at radius 2 is 1.77 bits per heavy atom. The number of rotatable bonds is 6. The van der Waals surface area contributed by atoms with Crippen LogP contribution in [0.1, 0.15) is 30.9 Å². The first kappa shape index (κ1) is 21.0. The van der Waals surface area contributed by atoms with Crippen LogP contribution >= 0.6 is 0 Å². The smallest absolute Gasteiger partial charge is 0.408 e. The lowest BCUT2D eigenvalue weighted by atomic mass is 10.0. The van der Waals surface area contributed by atoms with Crippen molar-refractivity contribution in [3.8, 4) is 0 Å². The molecule has 8 nitrogen and oxygen atoms in total. The molecule has 8 heteroatoms. The van der Waals surface area contributed by atoms with E-state index in [2.05, 4.69) is 10.6 Å². The van der Waals surface area contributed by atoms with Crippen LogP contribution < -0.4 is 10.6 Å². The quantitative estimate of drug-likeness (QED) is 0.714. The Morgan fingerprint density at radius 3 is 2.50 bits per heavy atom. The number of benzene rings is 2. The first-order valence-corrected chi connectivity index (χ1v) is 9.61. The first-order valence-electron chi connectivity index (χ1n) is 9.61. The largest absolute Gasteiger partial charge is 0.445 e. The Bertz CT molecular complexity index is 945. The number of carbonyl (C=O) groups is 4. The van der Waals surface area contributed by atoms with Gasteiger partial charge in [0.25, 0.3) is 5.91 Å². The Morgan fingerprint density at radius 1 is 1.07 bits per heavy atom. The third-order valence-corrected chi connectivity index (χ3v) is 4.67. The summed E-state index contributed by atoms with van der Waals surface area (Å²) >= 11 is 0. The minimum absolute atomic E-state index is 0.00532. The van der Waals surface area contributed by atoms with Crippen molar-refractivity contribution in [3.63, 3.8) is 0 Å². The van der Waals surface area contributed by atoms with E-state index in [0.29, 0.717) is 11.3 Å². The average Bonchev–Trinajstić information content (AvgIpc) is 2.73. The van der Waals surface area contributed by atoms with Gasteiger partial charge in [-0.1, -0.05) is 48.5 Å². The lowest BCUT2D eigenvalue weighted by molar-refractivity contribution is -0.150. The maximum Gasteiger partial charge on any atom is 0.408 e. The summed E-state index contributed by atoms with van der Waals surface area (Å²) in [7, 11) is 0. The van der Waals surface area contributed by atoms with Crippen LogP contribution in [-0.4, -0.2) is 34.8 Å². The number of hydrogen-bond donors (Lipinski definition) is 2. The Kier molecular flexibility index (Phi) is 6.79. The van der Waals surface area contributed by atoms with E-state index in [1.165, 1.54) is 6.92 Å². The SMILES string of the molecule is CC(=O)Nc1ccccc1CN1C(=O)CCC(NC(=O)OCc2ccccc2)C1=O. The van der Waals surface area contributed by atoms with Crippen LogP contribution in [0.3, 0.4) is 0 Å². The molecule has 0 aromatic heterocycles. The monoisotopic (exact) mass is 409 g/mol. The molecule has 2 N–H and O–H groups in total. The number of alkyl carbamates (subject to hydrolysis) is 1. The number of imide groups is 1. The Hall–Kier alpha value is -3.68. The zero-order valence-corrected chi connectivity index (χ0v) is 16.6. The molecule has 2 aromatic rings. The van der Waals surface area contributed by atoms with Crippen LogP contribution in [0.5, 0.6) is 0 Å². The molecule has 0 bridgehead atoms. The normalized spacial score (nSPS) is 16.2. The number of likely N-dealkylation sites (tertiary alicyclic amines) is 1. The molecule has 1 fully saturated rings. The van der Waals surface area contributed by atoms with E-state index in [-0.39, 0.29) is 37.8 Å². The molecular weight excluding hydrogens is 386 g/mol. The fraction of sp³-hybridized carbons (Fsp3) is 0.273. The van der Waals surface area contributed by atoms with Crippen LogP contribution in [0.4, 0.5) is 10.5 Å². The molecular formula is C22H23N3O5. The fourth-order valence-electron chi connectivity index (χ4n) is 3.18. The zero-order valence-electron chi connectivity index (χ0n) is 16.6. The molecule has 0 radical (unpaired) electrons. The van der Waals surface area contributed by atoms with Gasteiger partial charge in [-0.05, 0) is 23.6 Å². The van der Waals surface area contributed by atoms with Gasteiger partial charge in [-0.15, -0.1) is 0 Å². The van der Waals surface area contributed by atoms with Crippen molar-refractivity contribution in [2.24, 2.45) is 0 Å². The van der Waals surface area contributed by atoms with Gasteiger partial charge in [0, 0.05) is 19.0 Å². The van der Waals surface area contributed by atoms with Crippen molar-refractivity contribution in [3.05, 3.63) is 65.7 Å². The van der Waals surface area contributed by atoms with Crippen LogP contribution in [0, 0.1) is 0 Å². The second-order valence-corrected chi connectivity index (χ2v) is 6.95. The summed E-state index contributed by atoms with van der Waals surface area (Å²) in [6, 6.07) is 15.3. The number of ether oxygens (including phenoxy) is 1. The predicted molar refractivity (Wildman–Crippen MR) is 109 cm³/mol. The molecule has 1 heterocycles. The molecule has 3 rings (SSSR count). The Labute approximate surface area is 174 Å². The van der Waals surface area contributed by atoms with E-state index < -0.39 is 18.0 Å². The van der Waals surface area contributed by atoms with Gasteiger partial charge in [-0.3, -0.25) is 19.3 Å². The molecule has 0 aliphatic carbocycles. The minimum atomic E-state index is -0.848. The van der Waals surface area contributed by atoms with Crippen LogP contribution in [0.2, 0.25) is 0 Å². The van der Waals surface area contributed by atoms with Gasteiger partial charge in [0.15, 0.2) is 0 Å². The van der Waals surface area contributed by atoms with E-state index in [1.807, 2.05) is 30.3 Å². The standard InChI is InChI=1S/C22H23N3O5/c1-15(26)23-18-10-6-5-9-17(18)13-25-20(27)12-11-19(21(25)28)24-22(29)30-14-16-7-3-2-4-8-16/h2-10,19H,11-14H2,1H3,(H,23,26)(H,24,29). The lowest BCUT2D eigenvalue weighted by Gasteiger charge is -2.31. The van der Waals surface area contributed by atoms with Gasteiger partial charge < -0.3 is 15.4 Å². The maximum absolute atomic E-state index is 12.8. The van der Waals surface area contributed by atoms with Crippen LogP contribution in [-0.2, 0) is 32.3 Å². The maximum atomic E-state index is 12.8. The molecule has 1 atom stereocenters. The molecule has 0 saturated carbocycles. The highest BCUT2D eigenvalue weighted by molar-refractivity contribution is 6.01. The summed E-state index contributed by atoms with van der Waals surface area (Å²) in [5.74, 6) is -1.08. The number of amides is 4. The number of anilines is 1. The summed E-state index contributed by atoms with van der Waals surface area (Å²) in [6.45, 7) is 1.47. The van der Waals surface area contributed by atoms with E-state index in [0.717, 1.165) is 10.5 Å². The van der Waals surface area contributed by atoms with Crippen molar-refractivity contribution < 1.29 is 23.9 Å². The molecule has 4 amide bonds. The van der Waals surface area contributed by atoms with E-state index in [9.17, 15) is 19.2 Å². The van der Waals surface area contributed by atoms with Gasteiger partial charge in [-0.2, -0.15) is 0 Å². The molecule has 156 valence electrons. The summed E-state index contributed by atoms with van der Waals surface area (Å²) in [6.07, 6.45) is -0.384. The molecule has 1 aliphatic rings. The third kappa shape index (κ3) is 5.44. The highest BCUT2D eigenvalue weighted by Crippen LogP contribution is 2.21. The molecule has 0 spiro atoms. The van der Waals surface area contributed by atoms with Crippen molar-refractivity contribution in [1.82, 2.24) is 10.2 Å². The number of nitrogens with one attached hydrogen (secondary N) is 2. The summed E-state index contributed by atoms with van der Waals surface area (Å²) in [5, 5.41) is 5.24. The summed E-state index contributed by atoms with van der Waals surface area (Å²) in [4.78, 5) is 49.8. The van der Waals surface area contributed by atoms with E-state index >= 15 is 0 Å². The van der Waals surface area contributed by atoms with Gasteiger partial charge in [-0.25, -0.2) is 4.79 Å². The highest BCUT2D eigenvalue weighted by atomic mass is 16.5. The highest BCUT2D eigenvalue weighted by Gasteiger charge is 2.35. The third-order valence-electron chi connectivity index (χ3n) is 4.67. The molecule has 1 aliphatic heterocycles. The number of hydrogen-bond acceptors (Lipinski definition) is 5. The van der Waals surface area contributed by atoms with Crippen LogP contribution in [0.15, 0.2) is 54.6 Å². The van der Waals surface area contributed by atoms with Gasteiger partial charge in [0.05, 0.1) is 6.54 Å². The summed E-state index contributed by atoms with van der Waals surface area (Å²) < 4.78 is 5.17. The van der Waals surface area contributed by atoms with E-state index in [4.69, 9.17) is 4.74 Å². The van der Waals surface area contributed by atoms with Crippen molar-refractivity contribution >= 4 is 29.5 Å². The topological polar surface area (TPSA) is 105 Å². The number of piperidine rings is 1. The van der Waals surface area contributed by atoms with Crippen molar-refractivity contribution in [1.29, 1.82) is 0 Å². The zero-order chi connectivity index (χ0) is 21.5. The van der Waals surface area contributed by atoms with Crippen LogP contribution in [0.25, 0.3) is 0 Å². The second-order valence-electron chi connectivity index (χ2n) is 6.95. The second kappa shape index (κ2) is 9.69. The lowest BCUT2D eigenvalue weighted by Crippen LogP contribution is -2.54. The van der Waals surface area contributed by atoms with Gasteiger partial charge >= 0.3 is 6.09 Å².